The smallest absolute Gasteiger partial charge is 0.164 e. The Hall–Kier alpha value is -6.11. The van der Waals surface area contributed by atoms with Gasteiger partial charge < -0.3 is 0 Å². The van der Waals surface area contributed by atoms with Crippen molar-refractivity contribution in [2.24, 2.45) is 0 Å². The van der Waals surface area contributed by atoms with E-state index in [-0.39, 0.29) is 0 Å². The molecule has 0 amide bonds. The van der Waals surface area contributed by atoms with E-state index in [9.17, 15) is 0 Å². The summed E-state index contributed by atoms with van der Waals surface area (Å²) in [6, 6.07) is 49.7. The van der Waals surface area contributed by atoms with Gasteiger partial charge in [-0.2, -0.15) is 0 Å². The third-order valence-electron chi connectivity index (χ3n) is 8.40. The van der Waals surface area contributed by atoms with Crippen molar-refractivity contribution in [2.45, 2.75) is 0 Å². The summed E-state index contributed by atoms with van der Waals surface area (Å²) in [4.78, 5) is 24.5. The number of nitrogens with zero attached hydrogens (tertiary/aromatic N) is 5. The van der Waals surface area contributed by atoms with Gasteiger partial charge in [0.05, 0.1) is 16.9 Å². The van der Waals surface area contributed by atoms with E-state index >= 15 is 0 Å². The van der Waals surface area contributed by atoms with Crippen LogP contribution in [0.5, 0.6) is 0 Å². The molecule has 0 unspecified atom stereocenters. The Labute approximate surface area is 275 Å². The highest BCUT2D eigenvalue weighted by Gasteiger charge is 2.17. The molecule has 4 heterocycles. The Kier molecular flexibility index (Phi) is 6.58. The van der Waals surface area contributed by atoms with Gasteiger partial charge >= 0.3 is 0 Å². The van der Waals surface area contributed by atoms with E-state index in [4.69, 9.17) is 24.9 Å². The summed E-state index contributed by atoms with van der Waals surface area (Å²) in [5.74, 6) is 1.95. The van der Waals surface area contributed by atoms with Gasteiger partial charge in [-0.25, -0.2) is 19.9 Å². The summed E-state index contributed by atoms with van der Waals surface area (Å²) in [6.45, 7) is 0. The van der Waals surface area contributed by atoms with Gasteiger partial charge in [-0.1, -0.05) is 127 Å². The molecule has 0 bridgehead atoms. The first-order valence-electron chi connectivity index (χ1n) is 15.4. The van der Waals surface area contributed by atoms with Gasteiger partial charge in [0.2, 0.25) is 0 Å². The minimum Gasteiger partial charge on any atom is -0.254 e. The maximum Gasteiger partial charge on any atom is 0.164 e. The molecule has 0 atom stereocenters. The normalized spacial score (nSPS) is 11.4. The fraction of sp³-hybridized carbons (Fsp3) is 0. The average molecular weight is 620 g/mol. The number of thiophene rings is 1. The second-order valence-electron chi connectivity index (χ2n) is 11.3. The topological polar surface area (TPSA) is 64.5 Å². The van der Waals surface area contributed by atoms with E-state index < -0.39 is 0 Å². The maximum atomic E-state index is 4.98. The largest absolute Gasteiger partial charge is 0.254 e. The highest BCUT2D eigenvalue weighted by atomic mass is 32.1. The molecule has 9 rings (SSSR count). The standard InChI is InChI=1S/C41H25N5S/c1-3-11-28(12-4-1)39-44-40(29-13-5-2-6-14-29)46-41(45-39)30-20-18-26(19-21-30)31-15-9-16-32-36-35(47-38(31)32)24-25-42-37(36)34-23-22-27-10-7-8-17-33(27)43-34/h1-25H. The predicted molar refractivity (Wildman–Crippen MR) is 193 cm³/mol. The van der Waals surface area contributed by atoms with Crippen LogP contribution in [0.15, 0.2) is 152 Å². The second kappa shape index (κ2) is 11.4. The van der Waals surface area contributed by atoms with Crippen molar-refractivity contribution in [3.05, 3.63) is 152 Å². The number of para-hydroxylation sites is 1. The van der Waals surface area contributed by atoms with Crippen molar-refractivity contribution in [3.63, 3.8) is 0 Å². The SMILES string of the molecule is c1ccc(-c2nc(-c3ccccc3)nc(-c3ccc(-c4cccc5c4sc4ccnc(-c6ccc7ccccc7n6)c45)cc3)n2)cc1. The molecule has 0 saturated heterocycles. The molecular formula is C41H25N5S. The van der Waals surface area contributed by atoms with Gasteiger partial charge in [-0.05, 0) is 29.3 Å². The molecule has 0 aliphatic carbocycles. The second-order valence-corrected chi connectivity index (χ2v) is 12.4. The number of aromatic nitrogens is 5. The van der Waals surface area contributed by atoms with E-state index in [1.165, 1.54) is 20.3 Å². The lowest BCUT2D eigenvalue weighted by atomic mass is 10.0. The molecule has 0 N–H and O–H groups in total. The van der Waals surface area contributed by atoms with Gasteiger partial charge in [0.1, 0.15) is 0 Å². The molecule has 0 radical (unpaired) electrons. The molecule has 4 aromatic heterocycles. The van der Waals surface area contributed by atoms with Gasteiger partial charge in [-0.15, -0.1) is 11.3 Å². The number of benzene rings is 5. The van der Waals surface area contributed by atoms with E-state index in [0.29, 0.717) is 17.5 Å². The average Bonchev–Trinajstić information content (AvgIpc) is 3.55. The Morgan fingerprint density at radius 1 is 0.447 bits per heavy atom. The van der Waals surface area contributed by atoms with Crippen LogP contribution in [0.25, 0.3) is 87.8 Å². The van der Waals surface area contributed by atoms with Crippen molar-refractivity contribution in [2.75, 3.05) is 0 Å². The third-order valence-corrected chi connectivity index (χ3v) is 9.61. The molecular weight excluding hydrogens is 595 g/mol. The van der Waals surface area contributed by atoms with E-state index in [1.54, 1.807) is 11.3 Å². The number of pyridine rings is 2. The first-order chi connectivity index (χ1) is 23.3. The summed E-state index contributed by atoms with van der Waals surface area (Å²) in [5.41, 5.74) is 7.90. The molecule has 9 aromatic rings. The summed E-state index contributed by atoms with van der Waals surface area (Å²) < 4.78 is 2.42. The molecule has 5 aromatic carbocycles. The van der Waals surface area contributed by atoms with Crippen LogP contribution in [0.3, 0.4) is 0 Å². The molecule has 220 valence electrons. The lowest BCUT2D eigenvalue weighted by Crippen LogP contribution is -2.00. The number of rotatable bonds is 5. The van der Waals surface area contributed by atoms with Gasteiger partial charge in [-0.3, -0.25) is 4.98 Å². The minimum atomic E-state index is 0.642. The van der Waals surface area contributed by atoms with Gasteiger partial charge in [0.15, 0.2) is 17.5 Å². The Bertz CT molecular complexity index is 2500. The van der Waals surface area contributed by atoms with Crippen LogP contribution < -0.4 is 0 Å². The van der Waals surface area contributed by atoms with Gasteiger partial charge in [0.25, 0.3) is 0 Å². The summed E-state index contributed by atoms with van der Waals surface area (Å²) in [5, 5.41) is 3.44. The van der Waals surface area contributed by atoms with E-state index in [2.05, 4.69) is 72.8 Å². The minimum absolute atomic E-state index is 0.642. The van der Waals surface area contributed by atoms with Crippen LogP contribution in [0, 0.1) is 0 Å². The van der Waals surface area contributed by atoms with Crippen LogP contribution in [0.1, 0.15) is 0 Å². The van der Waals surface area contributed by atoms with E-state index in [1.807, 2.05) is 79.0 Å². The van der Waals surface area contributed by atoms with Crippen molar-refractivity contribution in [1.29, 1.82) is 0 Å². The fourth-order valence-electron chi connectivity index (χ4n) is 6.10. The lowest BCUT2D eigenvalue weighted by molar-refractivity contribution is 1.07. The molecule has 0 spiro atoms. The third kappa shape index (κ3) is 4.92. The summed E-state index contributed by atoms with van der Waals surface area (Å²) in [6.07, 6.45) is 1.89. The van der Waals surface area contributed by atoms with E-state index in [0.717, 1.165) is 49.9 Å². The van der Waals surface area contributed by atoms with Crippen LogP contribution in [-0.4, -0.2) is 24.9 Å². The Balaban J connectivity index is 1.14. The number of fused-ring (bicyclic) bond motifs is 4. The molecule has 0 saturated carbocycles. The predicted octanol–water partition coefficient (Wildman–Crippen LogP) is 10.5. The summed E-state index contributed by atoms with van der Waals surface area (Å²) >= 11 is 1.79. The zero-order valence-electron chi connectivity index (χ0n) is 25.1. The maximum absolute atomic E-state index is 4.98. The zero-order chi connectivity index (χ0) is 31.2. The Morgan fingerprint density at radius 2 is 1.06 bits per heavy atom. The molecule has 6 heteroatoms. The molecule has 5 nitrogen and oxygen atoms in total. The van der Waals surface area contributed by atoms with Gasteiger partial charge in [0, 0.05) is 48.4 Å². The highest BCUT2D eigenvalue weighted by Crippen LogP contribution is 2.43. The lowest BCUT2D eigenvalue weighted by Gasteiger charge is -2.09. The highest BCUT2D eigenvalue weighted by molar-refractivity contribution is 7.26. The number of hydrogen-bond acceptors (Lipinski definition) is 6. The molecule has 0 aliphatic heterocycles. The van der Waals surface area contributed by atoms with Crippen molar-refractivity contribution >= 4 is 42.4 Å². The fourth-order valence-corrected chi connectivity index (χ4v) is 7.33. The van der Waals surface area contributed by atoms with Crippen LogP contribution in [0.2, 0.25) is 0 Å². The van der Waals surface area contributed by atoms with Crippen LogP contribution in [0.4, 0.5) is 0 Å². The quantitative estimate of drug-likeness (QED) is 0.192. The molecule has 0 fully saturated rings. The van der Waals surface area contributed by atoms with Crippen molar-refractivity contribution < 1.29 is 0 Å². The zero-order valence-corrected chi connectivity index (χ0v) is 25.9. The monoisotopic (exact) mass is 619 g/mol. The first kappa shape index (κ1) is 27.2. The van der Waals surface area contributed by atoms with Crippen molar-refractivity contribution in [3.8, 4) is 56.7 Å². The molecule has 47 heavy (non-hydrogen) atoms. The Morgan fingerprint density at radius 3 is 1.77 bits per heavy atom. The summed E-state index contributed by atoms with van der Waals surface area (Å²) in [7, 11) is 0. The van der Waals surface area contributed by atoms with Crippen molar-refractivity contribution in [1.82, 2.24) is 24.9 Å². The van der Waals surface area contributed by atoms with Crippen LogP contribution in [-0.2, 0) is 0 Å². The molecule has 0 aliphatic rings. The first-order valence-corrected chi connectivity index (χ1v) is 16.2. The number of hydrogen-bond donors (Lipinski definition) is 0. The van der Waals surface area contributed by atoms with Crippen LogP contribution >= 0.6 is 11.3 Å².